The molecule has 1 unspecified atom stereocenters. The summed E-state index contributed by atoms with van der Waals surface area (Å²) in [6.07, 6.45) is -1.50. The molecule has 0 aliphatic carbocycles. The average Bonchev–Trinajstić information content (AvgIpc) is 2.42. The van der Waals surface area contributed by atoms with Gasteiger partial charge in [-0.3, -0.25) is 4.79 Å². The van der Waals surface area contributed by atoms with Crippen LogP contribution in [0.2, 0.25) is 0 Å². The molecule has 3 nitrogen and oxygen atoms in total. The molecule has 0 heterocycles. The molecule has 2 aromatic carbocycles. The first-order valence-electron chi connectivity index (χ1n) is 5.67. The maximum Gasteiger partial charge on any atom is 0.258 e. The second kappa shape index (κ2) is 6.11. The van der Waals surface area contributed by atoms with Crippen LogP contribution in [0.25, 0.3) is 0 Å². The Hall–Kier alpha value is -1.79. The van der Waals surface area contributed by atoms with Crippen LogP contribution in [0.15, 0.2) is 46.9 Å². The first-order chi connectivity index (χ1) is 9.49. The van der Waals surface area contributed by atoms with Gasteiger partial charge in [-0.25, -0.2) is 8.78 Å². The molecule has 0 fully saturated rings. The fourth-order valence-corrected chi connectivity index (χ4v) is 2.04. The Balaban J connectivity index is 2.20. The van der Waals surface area contributed by atoms with Gasteiger partial charge in [-0.05, 0) is 17.7 Å². The van der Waals surface area contributed by atoms with Crippen molar-refractivity contribution in [3.8, 4) is 0 Å². The third-order valence-corrected chi connectivity index (χ3v) is 3.08. The summed E-state index contributed by atoms with van der Waals surface area (Å²) in [6, 6.07) is 10.1. The average molecular weight is 342 g/mol. The number of halogens is 3. The van der Waals surface area contributed by atoms with Crippen molar-refractivity contribution in [2.24, 2.45) is 0 Å². The van der Waals surface area contributed by atoms with Crippen LogP contribution in [0, 0.1) is 11.6 Å². The van der Waals surface area contributed by atoms with Crippen molar-refractivity contribution in [1.82, 2.24) is 0 Å². The van der Waals surface area contributed by atoms with Crippen LogP contribution >= 0.6 is 15.9 Å². The van der Waals surface area contributed by atoms with Crippen LogP contribution in [0.4, 0.5) is 14.5 Å². The van der Waals surface area contributed by atoms with Crippen LogP contribution in [-0.4, -0.2) is 11.0 Å². The second-order valence-electron chi connectivity index (χ2n) is 4.05. The molecule has 104 valence electrons. The molecule has 0 saturated carbocycles. The van der Waals surface area contributed by atoms with Crippen LogP contribution < -0.4 is 5.32 Å². The third-order valence-electron chi connectivity index (χ3n) is 2.62. The predicted molar refractivity (Wildman–Crippen MR) is 74.1 cm³/mol. The number of aliphatic hydroxyl groups is 1. The van der Waals surface area contributed by atoms with E-state index in [0.29, 0.717) is 5.56 Å². The summed E-state index contributed by atoms with van der Waals surface area (Å²) in [5.41, 5.74) is -0.254. The molecular weight excluding hydrogens is 332 g/mol. The van der Waals surface area contributed by atoms with E-state index < -0.39 is 29.3 Å². The number of nitrogens with one attached hydrogen (secondary N) is 1. The summed E-state index contributed by atoms with van der Waals surface area (Å²) in [5, 5.41) is 11.9. The molecule has 20 heavy (non-hydrogen) atoms. The summed E-state index contributed by atoms with van der Waals surface area (Å²) in [6.45, 7) is 0. The smallest absolute Gasteiger partial charge is 0.258 e. The molecule has 2 aromatic rings. The zero-order chi connectivity index (χ0) is 14.7. The maximum absolute atomic E-state index is 13.6. The summed E-state index contributed by atoms with van der Waals surface area (Å²) in [5.74, 6) is -2.76. The molecule has 0 aliphatic rings. The topological polar surface area (TPSA) is 49.3 Å². The standard InChI is InChI=1S/C14H10BrF2NO2/c15-9-6-10(16)12(11(17)7-9)18-14(20)13(19)8-4-2-1-3-5-8/h1-7,13,19H,(H,18,20). The molecule has 0 aromatic heterocycles. The molecule has 0 radical (unpaired) electrons. The van der Waals surface area contributed by atoms with Crippen molar-refractivity contribution in [2.45, 2.75) is 6.10 Å². The Morgan fingerprint density at radius 2 is 1.70 bits per heavy atom. The van der Waals surface area contributed by atoms with Crippen molar-refractivity contribution < 1.29 is 18.7 Å². The zero-order valence-electron chi connectivity index (χ0n) is 10.1. The van der Waals surface area contributed by atoms with E-state index in [1.54, 1.807) is 30.3 Å². The molecule has 1 amide bonds. The van der Waals surface area contributed by atoms with Gasteiger partial charge in [0.15, 0.2) is 17.7 Å². The fourth-order valence-electron chi connectivity index (χ4n) is 1.64. The monoisotopic (exact) mass is 341 g/mol. The SMILES string of the molecule is O=C(Nc1c(F)cc(Br)cc1F)C(O)c1ccccc1. The minimum absolute atomic E-state index is 0.217. The van der Waals surface area contributed by atoms with E-state index in [4.69, 9.17) is 0 Å². The van der Waals surface area contributed by atoms with E-state index in [1.165, 1.54) is 0 Å². The number of benzene rings is 2. The third kappa shape index (κ3) is 3.20. The Kier molecular flexibility index (Phi) is 4.46. The van der Waals surface area contributed by atoms with E-state index in [1.807, 2.05) is 5.32 Å². The quantitative estimate of drug-likeness (QED) is 0.898. The van der Waals surface area contributed by atoms with E-state index >= 15 is 0 Å². The molecule has 2 N–H and O–H groups in total. The number of anilines is 1. The molecule has 0 bridgehead atoms. The van der Waals surface area contributed by atoms with Gasteiger partial charge in [-0.15, -0.1) is 0 Å². The highest BCUT2D eigenvalue weighted by molar-refractivity contribution is 9.10. The number of hydrogen-bond donors (Lipinski definition) is 2. The molecule has 0 spiro atoms. The van der Waals surface area contributed by atoms with E-state index in [-0.39, 0.29) is 4.47 Å². The van der Waals surface area contributed by atoms with E-state index in [0.717, 1.165) is 12.1 Å². The number of aliphatic hydroxyl groups excluding tert-OH is 1. The lowest BCUT2D eigenvalue weighted by Crippen LogP contribution is -2.22. The van der Waals surface area contributed by atoms with Gasteiger partial charge in [-0.1, -0.05) is 46.3 Å². The molecular formula is C14H10BrF2NO2. The molecule has 1 atom stereocenters. The second-order valence-corrected chi connectivity index (χ2v) is 4.96. The number of carbonyl (C=O) groups is 1. The van der Waals surface area contributed by atoms with E-state index in [2.05, 4.69) is 15.9 Å². The van der Waals surface area contributed by atoms with Gasteiger partial charge in [0.05, 0.1) is 0 Å². The highest BCUT2D eigenvalue weighted by atomic mass is 79.9. The summed E-state index contributed by atoms with van der Waals surface area (Å²) >= 11 is 2.94. The highest BCUT2D eigenvalue weighted by Crippen LogP contribution is 2.25. The van der Waals surface area contributed by atoms with Crippen molar-refractivity contribution >= 4 is 27.5 Å². The Morgan fingerprint density at radius 1 is 1.15 bits per heavy atom. The predicted octanol–water partition coefficient (Wildman–Crippen LogP) is 3.40. The first-order valence-corrected chi connectivity index (χ1v) is 6.47. The minimum Gasteiger partial charge on any atom is -0.378 e. The van der Waals surface area contributed by atoms with Crippen LogP contribution in [-0.2, 0) is 4.79 Å². The largest absolute Gasteiger partial charge is 0.378 e. The lowest BCUT2D eigenvalue weighted by Gasteiger charge is -2.13. The molecule has 6 heteroatoms. The lowest BCUT2D eigenvalue weighted by atomic mass is 10.1. The zero-order valence-corrected chi connectivity index (χ0v) is 11.7. The van der Waals surface area contributed by atoms with E-state index in [9.17, 15) is 18.7 Å². The van der Waals surface area contributed by atoms with Crippen LogP contribution in [0.5, 0.6) is 0 Å². The number of hydrogen-bond acceptors (Lipinski definition) is 2. The normalized spacial score (nSPS) is 12.0. The van der Waals surface area contributed by atoms with Crippen LogP contribution in [0.3, 0.4) is 0 Å². The fraction of sp³-hybridized carbons (Fsp3) is 0.0714. The maximum atomic E-state index is 13.6. The van der Waals surface area contributed by atoms with Crippen molar-refractivity contribution in [2.75, 3.05) is 5.32 Å². The van der Waals surface area contributed by atoms with Crippen molar-refractivity contribution in [3.63, 3.8) is 0 Å². The molecule has 0 saturated heterocycles. The van der Waals surface area contributed by atoms with Gasteiger partial charge < -0.3 is 10.4 Å². The summed E-state index contributed by atoms with van der Waals surface area (Å²) in [4.78, 5) is 11.8. The van der Waals surface area contributed by atoms with Gasteiger partial charge in [0, 0.05) is 4.47 Å². The Bertz CT molecular complexity index is 611. The van der Waals surface area contributed by atoms with Crippen LogP contribution in [0.1, 0.15) is 11.7 Å². The first kappa shape index (κ1) is 14.6. The Morgan fingerprint density at radius 3 is 2.25 bits per heavy atom. The summed E-state index contributed by atoms with van der Waals surface area (Å²) < 4.78 is 27.4. The number of rotatable bonds is 3. The highest BCUT2D eigenvalue weighted by Gasteiger charge is 2.20. The Labute approximate surface area is 122 Å². The van der Waals surface area contributed by atoms with Gasteiger partial charge in [0.1, 0.15) is 5.69 Å². The van der Waals surface area contributed by atoms with Gasteiger partial charge in [0.2, 0.25) is 0 Å². The van der Waals surface area contributed by atoms with Crippen molar-refractivity contribution in [3.05, 3.63) is 64.1 Å². The van der Waals surface area contributed by atoms with Gasteiger partial charge in [-0.2, -0.15) is 0 Å². The molecule has 0 aliphatic heterocycles. The number of amides is 1. The molecule has 2 rings (SSSR count). The lowest BCUT2D eigenvalue weighted by molar-refractivity contribution is -0.124. The van der Waals surface area contributed by atoms with Crippen molar-refractivity contribution in [1.29, 1.82) is 0 Å². The number of carbonyl (C=O) groups excluding carboxylic acids is 1. The van der Waals surface area contributed by atoms with Gasteiger partial charge >= 0.3 is 0 Å². The summed E-state index contributed by atoms with van der Waals surface area (Å²) in [7, 11) is 0. The minimum atomic E-state index is -1.50. The van der Waals surface area contributed by atoms with Gasteiger partial charge in [0.25, 0.3) is 5.91 Å².